The maximum Gasteiger partial charge on any atom is 0.326 e. The molecule has 2 amide bonds. The lowest BCUT2D eigenvalue weighted by molar-refractivity contribution is -0.139. The van der Waals surface area contributed by atoms with Gasteiger partial charge in [-0.25, -0.2) is 9.59 Å². The third-order valence-corrected chi connectivity index (χ3v) is 3.53. The summed E-state index contributed by atoms with van der Waals surface area (Å²) in [6, 6.07) is -1.12. The summed E-state index contributed by atoms with van der Waals surface area (Å²) in [6.45, 7) is 7.84. The highest BCUT2D eigenvalue weighted by Gasteiger charge is 2.27. The Kier molecular flexibility index (Phi) is 7.50. The largest absolute Gasteiger partial charge is 0.480 e. The van der Waals surface area contributed by atoms with Crippen molar-refractivity contribution in [3.8, 4) is 0 Å². The fourth-order valence-electron chi connectivity index (χ4n) is 2.48. The van der Waals surface area contributed by atoms with Crippen molar-refractivity contribution in [2.24, 2.45) is 5.92 Å². The fourth-order valence-corrected chi connectivity index (χ4v) is 2.48. The molecule has 21 heavy (non-hydrogen) atoms. The van der Waals surface area contributed by atoms with Crippen LogP contribution in [0.1, 0.15) is 46.5 Å². The minimum atomic E-state index is -0.979. The van der Waals surface area contributed by atoms with Crippen LogP contribution in [-0.4, -0.2) is 53.8 Å². The number of nitrogens with zero attached hydrogens (tertiary/aromatic N) is 1. The highest BCUT2D eigenvalue weighted by Crippen LogP contribution is 2.14. The van der Waals surface area contributed by atoms with E-state index in [1.54, 1.807) is 4.90 Å². The molecule has 0 bridgehead atoms. The minimum Gasteiger partial charge on any atom is -0.480 e. The van der Waals surface area contributed by atoms with E-state index in [1.165, 1.54) is 0 Å². The van der Waals surface area contributed by atoms with Crippen LogP contribution in [0.15, 0.2) is 0 Å². The number of carbonyl (C=O) groups is 2. The van der Waals surface area contributed by atoms with Crippen molar-refractivity contribution in [2.45, 2.75) is 58.6 Å². The van der Waals surface area contributed by atoms with Crippen molar-refractivity contribution in [3.63, 3.8) is 0 Å². The van der Waals surface area contributed by atoms with Gasteiger partial charge in [-0.3, -0.25) is 0 Å². The van der Waals surface area contributed by atoms with Gasteiger partial charge in [0.05, 0.1) is 6.10 Å². The molecule has 1 saturated heterocycles. The fraction of sp³-hybridized carbons (Fsp3) is 0.867. The van der Waals surface area contributed by atoms with Crippen molar-refractivity contribution in [1.29, 1.82) is 0 Å². The number of carbonyl (C=O) groups excluding carboxylic acids is 1. The number of carboxylic acid groups (broad SMARTS) is 1. The van der Waals surface area contributed by atoms with Crippen molar-refractivity contribution in [2.75, 3.05) is 19.7 Å². The molecular formula is C15H28N2O4. The van der Waals surface area contributed by atoms with Gasteiger partial charge in [0.2, 0.25) is 0 Å². The van der Waals surface area contributed by atoms with Crippen molar-refractivity contribution in [1.82, 2.24) is 10.2 Å². The van der Waals surface area contributed by atoms with Crippen LogP contribution in [0.3, 0.4) is 0 Å². The van der Waals surface area contributed by atoms with Gasteiger partial charge in [-0.05, 0) is 31.6 Å². The first-order valence-corrected chi connectivity index (χ1v) is 7.83. The van der Waals surface area contributed by atoms with E-state index in [0.29, 0.717) is 26.1 Å². The summed E-state index contributed by atoms with van der Waals surface area (Å²) in [7, 11) is 0. The number of likely N-dealkylation sites (tertiary alicyclic amines) is 1. The maximum atomic E-state index is 12.2. The summed E-state index contributed by atoms with van der Waals surface area (Å²) in [5.41, 5.74) is 0. The normalized spacial score (nSPS) is 20.4. The number of piperidine rings is 1. The number of aliphatic carboxylic acids is 1. The molecule has 1 aliphatic rings. The van der Waals surface area contributed by atoms with Crippen LogP contribution in [0, 0.1) is 5.92 Å². The highest BCUT2D eigenvalue weighted by molar-refractivity contribution is 5.82. The zero-order valence-corrected chi connectivity index (χ0v) is 13.3. The van der Waals surface area contributed by atoms with Crippen LogP contribution in [0.2, 0.25) is 0 Å². The Morgan fingerprint density at radius 2 is 2.14 bits per heavy atom. The molecule has 1 aliphatic heterocycles. The van der Waals surface area contributed by atoms with Crippen LogP contribution in [-0.2, 0) is 9.53 Å². The number of amides is 2. The van der Waals surface area contributed by atoms with Crippen molar-refractivity contribution in [3.05, 3.63) is 0 Å². The van der Waals surface area contributed by atoms with Crippen LogP contribution in [0.25, 0.3) is 0 Å². The summed E-state index contributed by atoms with van der Waals surface area (Å²) in [5, 5.41) is 11.8. The monoisotopic (exact) mass is 300 g/mol. The molecular weight excluding hydrogens is 272 g/mol. The Labute approximate surface area is 126 Å². The topological polar surface area (TPSA) is 78.9 Å². The Bertz CT molecular complexity index is 347. The van der Waals surface area contributed by atoms with Gasteiger partial charge >= 0.3 is 12.0 Å². The second kappa shape index (κ2) is 8.87. The van der Waals surface area contributed by atoms with E-state index < -0.39 is 12.0 Å². The molecule has 2 atom stereocenters. The van der Waals surface area contributed by atoms with E-state index in [4.69, 9.17) is 4.74 Å². The quantitative estimate of drug-likeness (QED) is 0.754. The molecule has 1 heterocycles. The van der Waals surface area contributed by atoms with Crippen LogP contribution in [0.5, 0.6) is 0 Å². The lowest BCUT2D eigenvalue weighted by Gasteiger charge is -2.33. The van der Waals surface area contributed by atoms with Crippen LogP contribution >= 0.6 is 0 Å². The Balaban J connectivity index is 2.50. The molecule has 1 rings (SSSR count). The predicted octanol–water partition coefficient (Wildman–Crippen LogP) is 2.09. The second-order valence-electron chi connectivity index (χ2n) is 6.05. The van der Waals surface area contributed by atoms with Gasteiger partial charge < -0.3 is 20.1 Å². The van der Waals surface area contributed by atoms with E-state index in [9.17, 15) is 14.7 Å². The average molecular weight is 300 g/mol. The lowest BCUT2D eigenvalue weighted by atomic mass is 10.0. The third kappa shape index (κ3) is 6.33. The molecule has 0 aromatic heterocycles. The van der Waals surface area contributed by atoms with E-state index in [1.807, 2.05) is 13.8 Å². The Morgan fingerprint density at radius 1 is 1.43 bits per heavy atom. The molecule has 1 fully saturated rings. The van der Waals surface area contributed by atoms with Gasteiger partial charge in [0, 0.05) is 19.7 Å². The van der Waals surface area contributed by atoms with Gasteiger partial charge in [-0.2, -0.15) is 0 Å². The molecule has 0 aromatic rings. The Morgan fingerprint density at radius 3 is 2.71 bits per heavy atom. The molecule has 6 nitrogen and oxygen atoms in total. The lowest BCUT2D eigenvalue weighted by Crippen LogP contribution is -2.52. The molecule has 122 valence electrons. The maximum absolute atomic E-state index is 12.2. The van der Waals surface area contributed by atoms with E-state index in [-0.39, 0.29) is 18.1 Å². The average Bonchev–Trinajstić information content (AvgIpc) is 2.44. The van der Waals surface area contributed by atoms with Gasteiger partial charge in [-0.15, -0.1) is 0 Å². The molecule has 0 aliphatic carbocycles. The number of ether oxygens (including phenoxy) is 1. The number of nitrogens with one attached hydrogen (secondary N) is 1. The van der Waals surface area contributed by atoms with E-state index >= 15 is 0 Å². The van der Waals surface area contributed by atoms with E-state index in [2.05, 4.69) is 12.2 Å². The van der Waals surface area contributed by atoms with Gasteiger partial charge in [0.1, 0.15) is 6.04 Å². The second-order valence-corrected chi connectivity index (χ2v) is 6.05. The van der Waals surface area contributed by atoms with Gasteiger partial charge in [-0.1, -0.05) is 20.8 Å². The first-order valence-electron chi connectivity index (χ1n) is 7.83. The minimum absolute atomic E-state index is 0.0674. The molecule has 1 unspecified atom stereocenters. The van der Waals surface area contributed by atoms with Crippen LogP contribution in [0.4, 0.5) is 4.79 Å². The standard InChI is InChI=1S/C15H28N2O4/c1-4-8-21-12-6-5-7-17(10-12)15(20)16-13(14(18)19)9-11(2)3/h11-13H,4-10H2,1-3H3,(H,16,20)(H,18,19)/t12?,13-/m0/s1. The zero-order chi connectivity index (χ0) is 15.8. The number of urea groups is 1. The summed E-state index contributed by atoms with van der Waals surface area (Å²) in [6.07, 6.45) is 3.31. The molecule has 0 radical (unpaired) electrons. The number of carboxylic acids is 1. The van der Waals surface area contributed by atoms with Gasteiger partial charge in [0.25, 0.3) is 0 Å². The van der Waals surface area contributed by atoms with Gasteiger partial charge in [0.15, 0.2) is 0 Å². The first kappa shape index (κ1) is 17.8. The summed E-state index contributed by atoms with van der Waals surface area (Å²) >= 11 is 0. The predicted molar refractivity (Wildman–Crippen MR) is 80.2 cm³/mol. The molecule has 0 saturated carbocycles. The summed E-state index contributed by atoms with van der Waals surface area (Å²) < 4.78 is 5.69. The van der Waals surface area contributed by atoms with Crippen LogP contribution < -0.4 is 5.32 Å². The first-order chi connectivity index (χ1) is 9.93. The SMILES string of the molecule is CCCOC1CCCN(C(=O)N[C@@H](CC(C)C)C(=O)O)C1. The third-order valence-electron chi connectivity index (χ3n) is 3.53. The number of hydrogen-bond donors (Lipinski definition) is 2. The molecule has 0 aromatic carbocycles. The zero-order valence-electron chi connectivity index (χ0n) is 13.3. The summed E-state index contributed by atoms with van der Waals surface area (Å²) in [5.74, 6) is -0.763. The number of rotatable bonds is 7. The van der Waals surface area contributed by atoms with E-state index in [0.717, 1.165) is 19.3 Å². The van der Waals surface area contributed by atoms with Crippen molar-refractivity contribution >= 4 is 12.0 Å². The molecule has 2 N–H and O–H groups in total. The molecule has 6 heteroatoms. The summed E-state index contributed by atoms with van der Waals surface area (Å²) in [4.78, 5) is 25.1. The van der Waals surface area contributed by atoms with Crippen molar-refractivity contribution < 1.29 is 19.4 Å². The Hall–Kier alpha value is -1.30. The smallest absolute Gasteiger partial charge is 0.326 e. The highest BCUT2D eigenvalue weighted by atomic mass is 16.5. The molecule has 0 spiro atoms. The number of hydrogen-bond acceptors (Lipinski definition) is 3.